The van der Waals surface area contributed by atoms with Crippen molar-refractivity contribution in [1.29, 1.82) is 0 Å². The number of amides is 1. The molecule has 1 atom stereocenters. The molecule has 2 rings (SSSR count). The van der Waals surface area contributed by atoms with E-state index in [1.807, 2.05) is 18.9 Å². The Morgan fingerprint density at radius 2 is 2.29 bits per heavy atom. The quantitative estimate of drug-likeness (QED) is 0.775. The molecule has 6 heteroatoms. The van der Waals surface area contributed by atoms with Crippen molar-refractivity contribution in [2.24, 2.45) is 12.8 Å². The number of anilines is 2. The number of rotatable bonds is 3. The molecule has 6 nitrogen and oxygen atoms in total. The van der Waals surface area contributed by atoms with E-state index < -0.39 is 0 Å². The molecule has 2 heterocycles. The van der Waals surface area contributed by atoms with Crippen molar-refractivity contribution >= 4 is 17.4 Å². The maximum Gasteiger partial charge on any atom is 0.240 e. The fourth-order valence-corrected chi connectivity index (χ4v) is 2.50. The average Bonchev–Trinajstić information content (AvgIpc) is 2.83. The van der Waals surface area contributed by atoms with E-state index in [0.29, 0.717) is 5.69 Å². The maximum atomic E-state index is 11.4. The minimum absolute atomic E-state index is 0.252. The molecule has 1 aliphatic rings. The van der Waals surface area contributed by atoms with Crippen molar-refractivity contribution in [1.82, 2.24) is 9.78 Å². The standard InChI is InChI=1S/C11H19N5O/c1-3-7-9(12)11(15(2)14-7)16-6-4-5-8(16)10(13)17/h8H,3-6,12H2,1-2H3,(H2,13,17). The monoisotopic (exact) mass is 237 g/mol. The number of carbonyl (C=O) groups is 1. The van der Waals surface area contributed by atoms with Crippen molar-refractivity contribution < 1.29 is 4.79 Å². The molecule has 0 saturated carbocycles. The lowest BCUT2D eigenvalue weighted by atomic mass is 10.2. The topological polar surface area (TPSA) is 90.2 Å². The van der Waals surface area contributed by atoms with Crippen LogP contribution in [0.1, 0.15) is 25.5 Å². The van der Waals surface area contributed by atoms with E-state index in [9.17, 15) is 4.79 Å². The molecule has 0 radical (unpaired) electrons. The summed E-state index contributed by atoms with van der Waals surface area (Å²) in [5.41, 5.74) is 13.0. The number of aromatic nitrogens is 2. The van der Waals surface area contributed by atoms with Gasteiger partial charge in [-0.15, -0.1) is 0 Å². The Morgan fingerprint density at radius 3 is 2.82 bits per heavy atom. The first-order valence-electron chi connectivity index (χ1n) is 5.93. The Balaban J connectivity index is 2.39. The Labute approximate surface area is 101 Å². The fraction of sp³-hybridized carbons (Fsp3) is 0.636. The highest BCUT2D eigenvalue weighted by atomic mass is 16.1. The van der Waals surface area contributed by atoms with Gasteiger partial charge >= 0.3 is 0 Å². The summed E-state index contributed by atoms with van der Waals surface area (Å²) in [7, 11) is 1.85. The lowest BCUT2D eigenvalue weighted by Gasteiger charge is -2.24. The zero-order valence-electron chi connectivity index (χ0n) is 10.3. The van der Waals surface area contributed by atoms with Crippen LogP contribution in [0.25, 0.3) is 0 Å². The molecule has 1 aliphatic heterocycles. The third-order valence-corrected chi connectivity index (χ3v) is 3.32. The number of nitrogens with two attached hydrogens (primary N) is 2. The summed E-state index contributed by atoms with van der Waals surface area (Å²) in [6.07, 6.45) is 2.54. The highest BCUT2D eigenvalue weighted by Crippen LogP contribution is 2.32. The van der Waals surface area contributed by atoms with Crippen LogP contribution in [-0.4, -0.2) is 28.3 Å². The van der Waals surface area contributed by atoms with Gasteiger partial charge in [0.05, 0.1) is 11.4 Å². The molecular formula is C11H19N5O. The summed E-state index contributed by atoms with van der Waals surface area (Å²) in [6.45, 7) is 2.82. The average molecular weight is 237 g/mol. The van der Waals surface area contributed by atoms with Crippen LogP contribution in [0.15, 0.2) is 0 Å². The molecule has 0 aromatic carbocycles. The summed E-state index contributed by atoms with van der Waals surface area (Å²) in [5, 5.41) is 4.36. The van der Waals surface area contributed by atoms with E-state index in [4.69, 9.17) is 11.5 Å². The summed E-state index contributed by atoms with van der Waals surface area (Å²) in [5.74, 6) is 0.532. The molecule has 4 N–H and O–H groups in total. The molecule has 1 fully saturated rings. The molecule has 94 valence electrons. The van der Waals surface area contributed by atoms with Gasteiger partial charge < -0.3 is 16.4 Å². The molecule has 1 aromatic heterocycles. The summed E-state index contributed by atoms with van der Waals surface area (Å²) in [4.78, 5) is 13.4. The van der Waals surface area contributed by atoms with Crippen LogP contribution < -0.4 is 16.4 Å². The SMILES string of the molecule is CCc1nn(C)c(N2CCCC2C(N)=O)c1N. The molecule has 1 aromatic rings. The van der Waals surface area contributed by atoms with Crippen LogP contribution in [0.2, 0.25) is 0 Å². The van der Waals surface area contributed by atoms with Gasteiger partial charge in [-0.1, -0.05) is 6.92 Å². The van der Waals surface area contributed by atoms with Gasteiger partial charge in [-0.3, -0.25) is 9.48 Å². The Hall–Kier alpha value is -1.72. The maximum absolute atomic E-state index is 11.4. The van der Waals surface area contributed by atoms with E-state index in [1.165, 1.54) is 0 Å². The summed E-state index contributed by atoms with van der Waals surface area (Å²) >= 11 is 0. The van der Waals surface area contributed by atoms with Crippen molar-refractivity contribution in [3.8, 4) is 0 Å². The smallest absolute Gasteiger partial charge is 0.240 e. The predicted octanol–water partition coefficient (Wildman–Crippen LogP) is 0.0188. The highest BCUT2D eigenvalue weighted by molar-refractivity contribution is 5.85. The van der Waals surface area contributed by atoms with E-state index in [-0.39, 0.29) is 11.9 Å². The zero-order valence-corrected chi connectivity index (χ0v) is 10.3. The Morgan fingerprint density at radius 1 is 1.59 bits per heavy atom. The van der Waals surface area contributed by atoms with Crippen molar-refractivity contribution in [3.63, 3.8) is 0 Å². The fourth-order valence-electron chi connectivity index (χ4n) is 2.50. The summed E-state index contributed by atoms with van der Waals surface area (Å²) in [6, 6.07) is -0.252. The number of primary amides is 1. The van der Waals surface area contributed by atoms with Gasteiger partial charge in [-0.05, 0) is 19.3 Å². The van der Waals surface area contributed by atoms with Crippen LogP contribution in [-0.2, 0) is 18.3 Å². The molecule has 1 amide bonds. The Kier molecular flexibility index (Phi) is 2.95. The first-order valence-corrected chi connectivity index (χ1v) is 5.93. The largest absolute Gasteiger partial charge is 0.394 e. The van der Waals surface area contributed by atoms with Crippen LogP contribution in [0.5, 0.6) is 0 Å². The van der Waals surface area contributed by atoms with Crippen LogP contribution in [0.4, 0.5) is 11.5 Å². The van der Waals surface area contributed by atoms with E-state index in [0.717, 1.165) is 37.3 Å². The van der Waals surface area contributed by atoms with E-state index in [2.05, 4.69) is 5.10 Å². The van der Waals surface area contributed by atoms with Gasteiger partial charge in [0.25, 0.3) is 0 Å². The van der Waals surface area contributed by atoms with Crippen LogP contribution >= 0.6 is 0 Å². The molecular weight excluding hydrogens is 218 g/mol. The van der Waals surface area contributed by atoms with Gasteiger partial charge in [0, 0.05) is 13.6 Å². The van der Waals surface area contributed by atoms with Crippen molar-refractivity contribution in [3.05, 3.63) is 5.69 Å². The number of nitrogens with zero attached hydrogens (tertiary/aromatic N) is 3. The minimum atomic E-state index is -0.291. The zero-order chi connectivity index (χ0) is 12.6. The molecule has 0 aliphatic carbocycles. The van der Waals surface area contributed by atoms with Crippen LogP contribution in [0, 0.1) is 0 Å². The third kappa shape index (κ3) is 1.83. The van der Waals surface area contributed by atoms with Crippen molar-refractivity contribution in [2.45, 2.75) is 32.2 Å². The molecule has 1 saturated heterocycles. The molecule has 1 unspecified atom stereocenters. The molecule has 17 heavy (non-hydrogen) atoms. The first kappa shape index (κ1) is 11.8. The predicted molar refractivity (Wildman–Crippen MR) is 66.6 cm³/mol. The first-order chi connectivity index (χ1) is 8.06. The normalized spacial score (nSPS) is 19.9. The number of aryl methyl sites for hydroxylation is 2. The van der Waals surface area contributed by atoms with Gasteiger partial charge in [0.1, 0.15) is 6.04 Å². The summed E-state index contributed by atoms with van der Waals surface area (Å²) < 4.78 is 1.75. The number of carbonyl (C=O) groups excluding carboxylic acids is 1. The van der Waals surface area contributed by atoms with E-state index in [1.54, 1.807) is 4.68 Å². The lowest BCUT2D eigenvalue weighted by molar-refractivity contribution is -0.119. The van der Waals surface area contributed by atoms with Gasteiger partial charge in [0.15, 0.2) is 5.82 Å². The van der Waals surface area contributed by atoms with Gasteiger partial charge in [0.2, 0.25) is 5.91 Å². The second-order valence-electron chi connectivity index (χ2n) is 4.41. The lowest BCUT2D eigenvalue weighted by Crippen LogP contribution is -2.41. The molecule has 0 spiro atoms. The second-order valence-corrected chi connectivity index (χ2v) is 4.41. The van der Waals surface area contributed by atoms with Gasteiger partial charge in [-0.2, -0.15) is 5.10 Å². The number of nitrogen functional groups attached to an aromatic ring is 1. The number of hydrogen-bond donors (Lipinski definition) is 2. The molecule has 0 bridgehead atoms. The van der Waals surface area contributed by atoms with Crippen molar-refractivity contribution in [2.75, 3.05) is 17.2 Å². The highest BCUT2D eigenvalue weighted by Gasteiger charge is 2.32. The van der Waals surface area contributed by atoms with Gasteiger partial charge in [-0.25, -0.2) is 0 Å². The van der Waals surface area contributed by atoms with Crippen LogP contribution in [0.3, 0.4) is 0 Å². The second kappa shape index (κ2) is 4.27. The third-order valence-electron chi connectivity index (χ3n) is 3.32. The Bertz CT molecular complexity index is 439. The van der Waals surface area contributed by atoms with E-state index >= 15 is 0 Å². The number of hydrogen-bond acceptors (Lipinski definition) is 4. The minimum Gasteiger partial charge on any atom is -0.394 e.